The van der Waals surface area contributed by atoms with Crippen molar-refractivity contribution in [3.8, 4) is 0 Å². The standard InChI is InChI=1S/C19H17N5O/c1-3-23(15-7-5-4-6-8-15)19(25)14-9-10-16-17(11-14)24-12-20-22-18(24)13(2)21-16/h4-12H,3H2,1-2H3. The van der Waals surface area contributed by atoms with E-state index in [9.17, 15) is 4.79 Å². The molecule has 2 aromatic carbocycles. The van der Waals surface area contributed by atoms with E-state index >= 15 is 0 Å². The molecular formula is C19H17N5O. The number of hydrogen-bond donors (Lipinski definition) is 0. The Morgan fingerprint density at radius 1 is 1.16 bits per heavy atom. The van der Waals surface area contributed by atoms with E-state index in [-0.39, 0.29) is 5.91 Å². The van der Waals surface area contributed by atoms with Gasteiger partial charge in [0.1, 0.15) is 6.33 Å². The minimum Gasteiger partial charge on any atom is -0.309 e. The average molecular weight is 331 g/mol. The number of hydrogen-bond acceptors (Lipinski definition) is 4. The molecule has 0 aliphatic carbocycles. The van der Waals surface area contributed by atoms with E-state index < -0.39 is 0 Å². The molecule has 6 nitrogen and oxygen atoms in total. The normalized spacial score (nSPS) is 11.1. The van der Waals surface area contributed by atoms with Crippen molar-refractivity contribution in [2.24, 2.45) is 0 Å². The lowest BCUT2D eigenvalue weighted by molar-refractivity contribution is 0.0988. The Morgan fingerprint density at radius 3 is 2.72 bits per heavy atom. The number of nitrogens with zero attached hydrogens (tertiary/aromatic N) is 5. The Morgan fingerprint density at radius 2 is 1.96 bits per heavy atom. The number of fused-ring (bicyclic) bond motifs is 3. The highest BCUT2D eigenvalue weighted by Gasteiger charge is 2.17. The van der Waals surface area contributed by atoms with E-state index in [4.69, 9.17) is 0 Å². The van der Waals surface area contributed by atoms with Crippen molar-refractivity contribution in [3.05, 3.63) is 66.1 Å². The van der Waals surface area contributed by atoms with Crippen molar-refractivity contribution >= 4 is 28.3 Å². The van der Waals surface area contributed by atoms with Crippen molar-refractivity contribution in [1.29, 1.82) is 0 Å². The molecule has 25 heavy (non-hydrogen) atoms. The first-order valence-electron chi connectivity index (χ1n) is 8.16. The van der Waals surface area contributed by atoms with Crippen LogP contribution in [0, 0.1) is 6.92 Å². The number of carbonyl (C=O) groups is 1. The second-order valence-electron chi connectivity index (χ2n) is 5.81. The van der Waals surface area contributed by atoms with Crippen molar-refractivity contribution in [2.75, 3.05) is 11.4 Å². The van der Waals surface area contributed by atoms with Crippen molar-refractivity contribution < 1.29 is 4.79 Å². The summed E-state index contributed by atoms with van der Waals surface area (Å²) in [7, 11) is 0. The van der Waals surface area contributed by atoms with Gasteiger partial charge in [-0.2, -0.15) is 0 Å². The van der Waals surface area contributed by atoms with E-state index in [1.165, 1.54) is 0 Å². The molecular weight excluding hydrogens is 314 g/mol. The van der Waals surface area contributed by atoms with Crippen LogP contribution < -0.4 is 4.90 Å². The first kappa shape index (κ1) is 15.3. The third-order valence-electron chi connectivity index (χ3n) is 4.27. The maximum Gasteiger partial charge on any atom is 0.258 e. The number of amides is 1. The van der Waals surface area contributed by atoms with Crippen LogP contribution in [0.5, 0.6) is 0 Å². The second kappa shape index (κ2) is 5.98. The fourth-order valence-electron chi connectivity index (χ4n) is 3.04. The van der Waals surface area contributed by atoms with E-state index in [2.05, 4.69) is 15.2 Å². The maximum absolute atomic E-state index is 13.0. The lowest BCUT2D eigenvalue weighted by Gasteiger charge is -2.21. The summed E-state index contributed by atoms with van der Waals surface area (Å²) in [5.74, 6) is -0.0441. The molecule has 2 aromatic heterocycles. The van der Waals surface area contributed by atoms with Crippen LogP contribution in [0.1, 0.15) is 23.0 Å². The molecule has 0 bridgehead atoms. The lowest BCUT2D eigenvalue weighted by atomic mass is 10.1. The fraction of sp³-hybridized carbons (Fsp3) is 0.158. The maximum atomic E-state index is 13.0. The zero-order valence-corrected chi connectivity index (χ0v) is 14.0. The van der Waals surface area contributed by atoms with Crippen LogP contribution in [-0.2, 0) is 0 Å². The molecule has 0 unspecified atom stereocenters. The molecule has 124 valence electrons. The number of rotatable bonds is 3. The van der Waals surface area contributed by atoms with Gasteiger partial charge < -0.3 is 4.90 Å². The van der Waals surface area contributed by atoms with Crippen molar-refractivity contribution in [3.63, 3.8) is 0 Å². The quantitative estimate of drug-likeness (QED) is 0.578. The summed E-state index contributed by atoms with van der Waals surface area (Å²) in [6.07, 6.45) is 1.65. The summed E-state index contributed by atoms with van der Waals surface area (Å²) in [5.41, 5.74) is 4.63. The Hall–Kier alpha value is -3.28. The molecule has 0 fully saturated rings. The average Bonchev–Trinajstić information content (AvgIpc) is 3.14. The minimum atomic E-state index is -0.0441. The number of aromatic nitrogens is 4. The van der Waals surface area contributed by atoms with E-state index in [0.29, 0.717) is 17.8 Å². The molecule has 0 saturated carbocycles. The first-order valence-corrected chi connectivity index (χ1v) is 8.16. The first-order chi connectivity index (χ1) is 12.2. The van der Waals surface area contributed by atoms with Gasteiger partial charge in [0, 0.05) is 17.8 Å². The van der Waals surface area contributed by atoms with Gasteiger partial charge in [-0.1, -0.05) is 18.2 Å². The van der Waals surface area contributed by atoms with Crippen molar-refractivity contribution in [1.82, 2.24) is 19.6 Å². The number of aryl methyl sites for hydroxylation is 1. The highest BCUT2D eigenvalue weighted by molar-refractivity contribution is 6.07. The molecule has 1 amide bonds. The molecule has 2 heterocycles. The van der Waals surface area contributed by atoms with Gasteiger partial charge in [-0.05, 0) is 44.2 Å². The molecule has 0 radical (unpaired) electrons. The smallest absolute Gasteiger partial charge is 0.258 e. The van der Waals surface area contributed by atoms with Gasteiger partial charge >= 0.3 is 0 Å². The van der Waals surface area contributed by atoms with E-state index in [0.717, 1.165) is 22.4 Å². The predicted molar refractivity (Wildman–Crippen MR) is 96.8 cm³/mol. The monoisotopic (exact) mass is 331 g/mol. The Balaban J connectivity index is 1.83. The van der Waals surface area contributed by atoms with Crippen LogP contribution in [0.4, 0.5) is 5.69 Å². The Bertz CT molecular complexity index is 1070. The summed E-state index contributed by atoms with van der Waals surface area (Å²) < 4.78 is 1.87. The van der Waals surface area contributed by atoms with Gasteiger partial charge in [-0.15, -0.1) is 10.2 Å². The number of anilines is 1. The van der Waals surface area contributed by atoms with Crippen LogP contribution in [0.15, 0.2) is 54.9 Å². The number of benzene rings is 2. The van der Waals surface area contributed by atoms with Gasteiger partial charge in [-0.25, -0.2) is 4.98 Å². The Kier molecular flexibility index (Phi) is 3.65. The molecule has 0 atom stereocenters. The second-order valence-corrected chi connectivity index (χ2v) is 5.81. The number of para-hydroxylation sites is 1. The van der Waals surface area contributed by atoms with Crippen molar-refractivity contribution in [2.45, 2.75) is 13.8 Å². The molecule has 0 N–H and O–H groups in total. The highest BCUT2D eigenvalue weighted by atomic mass is 16.2. The largest absolute Gasteiger partial charge is 0.309 e. The predicted octanol–water partition coefficient (Wildman–Crippen LogP) is 3.25. The van der Waals surface area contributed by atoms with Crippen LogP contribution in [-0.4, -0.2) is 32.0 Å². The molecule has 0 spiro atoms. The summed E-state index contributed by atoms with van der Waals surface area (Å²) in [6, 6.07) is 15.2. The van der Waals surface area contributed by atoms with Crippen LogP contribution >= 0.6 is 0 Å². The van der Waals surface area contributed by atoms with E-state index in [1.807, 2.05) is 66.8 Å². The summed E-state index contributed by atoms with van der Waals surface area (Å²) >= 11 is 0. The van der Waals surface area contributed by atoms with Crippen LogP contribution in [0.25, 0.3) is 16.7 Å². The zero-order chi connectivity index (χ0) is 17.4. The minimum absolute atomic E-state index is 0.0441. The van der Waals surface area contributed by atoms with Gasteiger partial charge in [0.2, 0.25) is 0 Å². The molecule has 0 aliphatic rings. The SMILES string of the molecule is CCN(C(=O)c1ccc2nc(C)c3nncn3c2c1)c1ccccc1. The molecule has 0 aliphatic heterocycles. The molecule has 0 saturated heterocycles. The highest BCUT2D eigenvalue weighted by Crippen LogP contribution is 2.21. The summed E-state index contributed by atoms with van der Waals surface area (Å²) in [6.45, 7) is 4.46. The Labute approximate surface area is 144 Å². The number of carbonyl (C=O) groups excluding carboxylic acids is 1. The third-order valence-corrected chi connectivity index (χ3v) is 4.27. The van der Waals surface area contributed by atoms with Gasteiger partial charge in [0.25, 0.3) is 5.91 Å². The van der Waals surface area contributed by atoms with Gasteiger partial charge in [0.15, 0.2) is 5.65 Å². The summed E-state index contributed by atoms with van der Waals surface area (Å²) in [5, 5.41) is 8.06. The lowest BCUT2D eigenvalue weighted by Crippen LogP contribution is -2.30. The fourth-order valence-corrected chi connectivity index (χ4v) is 3.04. The van der Waals surface area contributed by atoms with Gasteiger partial charge in [-0.3, -0.25) is 9.20 Å². The van der Waals surface area contributed by atoms with Crippen LogP contribution in [0.2, 0.25) is 0 Å². The molecule has 4 rings (SSSR count). The molecule has 6 heteroatoms. The third kappa shape index (κ3) is 2.52. The van der Waals surface area contributed by atoms with Gasteiger partial charge in [0.05, 0.1) is 16.7 Å². The zero-order valence-electron chi connectivity index (χ0n) is 14.0. The van der Waals surface area contributed by atoms with E-state index in [1.54, 1.807) is 11.2 Å². The molecule has 4 aromatic rings. The topological polar surface area (TPSA) is 63.4 Å². The summed E-state index contributed by atoms with van der Waals surface area (Å²) in [4.78, 5) is 19.3. The van der Waals surface area contributed by atoms with Crippen LogP contribution in [0.3, 0.4) is 0 Å².